The molecule has 5 rings (SSSR count). The minimum Gasteiger partial charge on any atom is -0.381 e. The van der Waals surface area contributed by atoms with Crippen molar-refractivity contribution in [3.8, 4) is 0 Å². The van der Waals surface area contributed by atoms with Gasteiger partial charge >= 0.3 is 0 Å². The molecule has 180 valence electrons. The van der Waals surface area contributed by atoms with Gasteiger partial charge in [-0.1, -0.05) is 0 Å². The number of carbonyl (C=O) groups excluding carboxylic acids is 1. The molecule has 0 spiro atoms. The van der Waals surface area contributed by atoms with E-state index in [0.717, 1.165) is 19.3 Å². The molecule has 34 heavy (non-hydrogen) atoms. The standard InChI is InChI=1S/C23H28FN7O3/c1-25-20-11-19(28-18-4-3-7-30(23(18)33)15-8-13(24)9-15)29-21-17(12-26-31(20)21)22(32)27-14-5-6-16(10-14)34-2/h3-4,7,11-16,25H,5-6,8-10H2,1-2H3,(H,27,32)(H,28,29)/t13-,14?,15-,16-/m1/s1. The zero-order valence-electron chi connectivity index (χ0n) is 19.1. The van der Waals surface area contributed by atoms with Gasteiger partial charge in [0.1, 0.15) is 29.1 Å². The van der Waals surface area contributed by atoms with E-state index in [0.29, 0.717) is 41.4 Å². The molecule has 0 saturated heterocycles. The fraction of sp³-hybridized carbons (Fsp3) is 0.478. The molecule has 0 aliphatic heterocycles. The van der Waals surface area contributed by atoms with Crippen molar-refractivity contribution in [1.29, 1.82) is 0 Å². The van der Waals surface area contributed by atoms with Crippen molar-refractivity contribution in [2.24, 2.45) is 0 Å². The normalized spacial score (nSPS) is 24.1. The van der Waals surface area contributed by atoms with Gasteiger partial charge in [0.25, 0.3) is 11.5 Å². The summed E-state index contributed by atoms with van der Waals surface area (Å²) in [6, 6.07) is 5.02. The second kappa shape index (κ2) is 9.05. The molecule has 1 amide bonds. The Hall–Kier alpha value is -3.47. The van der Waals surface area contributed by atoms with Crippen molar-refractivity contribution in [1.82, 2.24) is 24.5 Å². The number of amides is 1. The van der Waals surface area contributed by atoms with E-state index in [-0.39, 0.29) is 29.7 Å². The summed E-state index contributed by atoms with van der Waals surface area (Å²) in [5.74, 6) is 0.734. The second-order valence-corrected chi connectivity index (χ2v) is 8.89. The lowest BCUT2D eigenvalue weighted by Crippen LogP contribution is -2.35. The Morgan fingerprint density at radius 1 is 1.26 bits per heavy atom. The van der Waals surface area contributed by atoms with Crippen molar-refractivity contribution < 1.29 is 13.9 Å². The number of pyridine rings is 1. The lowest BCUT2D eigenvalue weighted by molar-refractivity contribution is 0.0916. The fourth-order valence-corrected chi connectivity index (χ4v) is 4.69. The molecule has 2 aliphatic rings. The molecular weight excluding hydrogens is 441 g/mol. The molecule has 0 radical (unpaired) electrons. The summed E-state index contributed by atoms with van der Waals surface area (Å²) >= 11 is 0. The van der Waals surface area contributed by atoms with Crippen LogP contribution in [0.25, 0.3) is 5.65 Å². The molecule has 2 atom stereocenters. The number of ether oxygens (including phenoxy) is 1. The van der Waals surface area contributed by atoms with Crippen LogP contribution in [0.15, 0.2) is 35.4 Å². The van der Waals surface area contributed by atoms with Crippen molar-refractivity contribution in [2.75, 3.05) is 24.8 Å². The SMILES string of the molecule is CNc1cc(Nc2cccn([C@H]3C[C@H](F)C3)c2=O)nc2c(C(=O)NC3CC[C@@H](OC)C3)cnn12. The van der Waals surface area contributed by atoms with Crippen LogP contribution in [0.3, 0.4) is 0 Å². The smallest absolute Gasteiger partial charge is 0.274 e. The molecule has 2 saturated carbocycles. The van der Waals surface area contributed by atoms with E-state index < -0.39 is 6.17 Å². The summed E-state index contributed by atoms with van der Waals surface area (Å²) < 4.78 is 21.8. The predicted octanol–water partition coefficient (Wildman–Crippen LogP) is 2.65. The average molecular weight is 470 g/mol. The van der Waals surface area contributed by atoms with Crippen LogP contribution in [0.5, 0.6) is 0 Å². The maximum Gasteiger partial charge on any atom is 0.274 e. The Bertz CT molecular complexity index is 1270. The topological polar surface area (TPSA) is 115 Å². The van der Waals surface area contributed by atoms with Crippen LogP contribution in [0.4, 0.5) is 21.7 Å². The molecule has 3 heterocycles. The number of hydrogen-bond donors (Lipinski definition) is 3. The van der Waals surface area contributed by atoms with Gasteiger partial charge in [0, 0.05) is 38.5 Å². The number of carbonyl (C=O) groups is 1. The summed E-state index contributed by atoms with van der Waals surface area (Å²) in [6.07, 6.45) is 5.70. The number of nitrogens with zero attached hydrogens (tertiary/aromatic N) is 4. The highest BCUT2D eigenvalue weighted by atomic mass is 19.1. The fourth-order valence-electron chi connectivity index (χ4n) is 4.69. The third-order valence-corrected chi connectivity index (χ3v) is 6.71. The lowest BCUT2D eigenvalue weighted by Gasteiger charge is -2.31. The van der Waals surface area contributed by atoms with Gasteiger partial charge in [-0.3, -0.25) is 9.59 Å². The highest BCUT2D eigenvalue weighted by Gasteiger charge is 2.31. The Balaban J connectivity index is 1.42. The summed E-state index contributed by atoms with van der Waals surface area (Å²) in [5.41, 5.74) is 0.789. The number of nitrogens with one attached hydrogen (secondary N) is 3. The first kappa shape index (κ1) is 22.3. The zero-order chi connectivity index (χ0) is 23.8. The van der Waals surface area contributed by atoms with Crippen LogP contribution < -0.4 is 21.5 Å². The first-order valence-electron chi connectivity index (χ1n) is 11.5. The highest BCUT2D eigenvalue weighted by molar-refractivity contribution is 6.00. The highest BCUT2D eigenvalue weighted by Crippen LogP contribution is 2.33. The van der Waals surface area contributed by atoms with Crippen molar-refractivity contribution in [2.45, 2.75) is 56.5 Å². The molecular formula is C23H28FN7O3. The summed E-state index contributed by atoms with van der Waals surface area (Å²) in [5, 5.41) is 13.5. The van der Waals surface area contributed by atoms with Gasteiger partial charge in [-0.2, -0.15) is 9.61 Å². The Morgan fingerprint density at radius 2 is 2.09 bits per heavy atom. The molecule has 2 aliphatic carbocycles. The second-order valence-electron chi connectivity index (χ2n) is 8.89. The molecule has 3 N–H and O–H groups in total. The van der Waals surface area contributed by atoms with E-state index in [4.69, 9.17) is 4.74 Å². The minimum atomic E-state index is -0.855. The summed E-state index contributed by atoms with van der Waals surface area (Å²) in [4.78, 5) is 30.5. The number of alkyl halides is 1. The van der Waals surface area contributed by atoms with Crippen molar-refractivity contribution in [3.05, 3.63) is 46.5 Å². The molecule has 2 fully saturated rings. The van der Waals surface area contributed by atoms with Gasteiger partial charge in [0.05, 0.1) is 12.3 Å². The van der Waals surface area contributed by atoms with E-state index in [1.807, 2.05) is 0 Å². The number of hydrogen-bond acceptors (Lipinski definition) is 7. The van der Waals surface area contributed by atoms with Crippen LogP contribution >= 0.6 is 0 Å². The molecule has 3 aromatic heterocycles. The molecule has 1 unspecified atom stereocenters. The van der Waals surface area contributed by atoms with Gasteiger partial charge in [0.2, 0.25) is 0 Å². The largest absolute Gasteiger partial charge is 0.381 e. The van der Waals surface area contributed by atoms with E-state index in [2.05, 4.69) is 26.0 Å². The van der Waals surface area contributed by atoms with E-state index in [1.165, 1.54) is 6.20 Å². The van der Waals surface area contributed by atoms with E-state index in [9.17, 15) is 14.0 Å². The van der Waals surface area contributed by atoms with Gasteiger partial charge in [-0.15, -0.1) is 0 Å². The molecule has 0 aromatic carbocycles. The molecule has 10 nitrogen and oxygen atoms in total. The van der Waals surface area contributed by atoms with Crippen LogP contribution in [0.2, 0.25) is 0 Å². The first-order chi connectivity index (χ1) is 16.5. The number of methoxy groups -OCH3 is 1. The van der Waals surface area contributed by atoms with Gasteiger partial charge in [0.15, 0.2) is 5.65 Å². The van der Waals surface area contributed by atoms with E-state index in [1.54, 1.807) is 47.6 Å². The van der Waals surface area contributed by atoms with Gasteiger partial charge in [-0.05, 0) is 44.2 Å². The quantitative estimate of drug-likeness (QED) is 0.487. The minimum absolute atomic E-state index is 0.0377. The number of anilines is 3. The van der Waals surface area contributed by atoms with Crippen LogP contribution in [-0.2, 0) is 4.74 Å². The number of fused-ring (bicyclic) bond motifs is 1. The summed E-state index contributed by atoms with van der Waals surface area (Å²) in [7, 11) is 3.42. The zero-order valence-corrected chi connectivity index (χ0v) is 19.1. The van der Waals surface area contributed by atoms with Gasteiger partial charge in [-0.25, -0.2) is 9.37 Å². The molecule has 3 aromatic rings. The first-order valence-corrected chi connectivity index (χ1v) is 11.5. The lowest BCUT2D eigenvalue weighted by atomic mass is 9.90. The van der Waals surface area contributed by atoms with Gasteiger partial charge < -0.3 is 25.3 Å². The Labute approximate surface area is 195 Å². The van der Waals surface area contributed by atoms with E-state index >= 15 is 0 Å². The molecule has 11 heteroatoms. The predicted molar refractivity (Wildman–Crippen MR) is 126 cm³/mol. The van der Waals surface area contributed by atoms with Crippen LogP contribution in [-0.4, -0.2) is 57.5 Å². The Morgan fingerprint density at radius 3 is 2.79 bits per heavy atom. The summed E-state index contributed by atoms with van der Waals surface area (Å²) in [6.45, 7) is 0. The van der Waals surface area contributed by atoms with Crippen molar-refractivity contribution in [3.63, 3.8) is 0 Å². The maximum atomic E-state index is 13.3. The third-order valence-electron chi connectivity index (χ3n) is 6.71. The monoisotopic (exact) mass is 469 g/mol. The van der Waals surface area contributed by atoms with Crippen LogP contribution in [0.1, 0.15) is 48.5 Å². The number of halogens is 1. The number of rotatable bonds is 7. The Kier molecular flexibility index (Phi) is 5.94. The van der Waals surface area contributed by atoms with Crippen LogP contribution in [0, 0.1) is 0 Å². The third kappa shape index (κ3) is 4.11. The molecule has 0 bridgehead atoms. The van der Waals surface area contributed by atoms with Crippen molar-refractivity contribution >= 4 is 28.9 Å². The average Bonchev–Trinajstić information content (AvgIpc) is 3.45. The maximum absolute atomic E-state index is 13.3. The number of aromatic nitrogens is 4.